The second-order valence-corrected chi connectivity index (χ2v) is 11.2. The number of nitrogen functional groups attached to an aromatic ring is 1. The SMILES string of the molecule is Nc1ncnc2c1c(-c1ccc(NS(=O)(=O)c3c(Cl)nc4sccn34)c(F)c1)cn2C1CCCC1. The number of aromatic nitrogens is 5. The Morgan fingerprint density at radius 1 is 1.23 bits per heavy atom. The lowest BCUT2D eigenvalue weighted by Gasteiger charge is -2.12. The largest absolute Gasteiger partial charge is 0.383 e. The molecule has 1 aliphatic carbocycles. The van der Waals surface area contributed by atoms with Crippen LogP contribution in [0.5, 0.6) is 0 Å². The number of thiazole rings is 1. The third-order valence-electron chi connectivity index (χ3n) is 6.31. The molecule has 0 unspecified atom stereocenters. The Morgan fingerprint density at radius 2 is 2.03 bits per heavy atom. The molecular formula is C22H19ClFN7O2S2. The van der Waals surface area contributed by atoms with Crippen LogP contribution in [0.4, 0.5) is 15.9 Å². The van der Waals surface area contributed by atoms with Gasteiger partial charge in [-0.15, -0.1) is 11.3 Å². The summed E-state index contributed by atoms with van der Waals surface area (Å²) < 4.78 is 47.0. The van der Waals surface area contributed by atoms with Crippen LogP contribution in [0.2, 0.25) is 5.15 Å². The summed E-state index contributed by atoms with van der Waals surface area (Å²) >= 11 is 7.31. The minimum atomic E-state index is -4.20. The molecule has 1 saturated carbocycles. The fourth-order valence-electron chi connectivity index (χ4n) is 4.73. The van der Waals surface area contributed by atoms with Crippen LogP contribution in [0, 0.1) is 5.82 Å². The molecule has 0 aliphatic heterocycles. The van der Waals surface area contributed by atoms with E-state index in [0.29, 0.717) is 39.0 Å². The monoisotopic (exact) mass is 531 g/mol. The summed E-state index contributed by atoms with van der Waals surface area (Å²) in [6.45, 7) is 0. The third kappa shape index (κ3) is 3.63. The molecule has 0 spiro atoms. The van der Waals surface area contributed by atoms with Gasteiger partial charge in [-0.2, -0.15) is 8.42 Å². The quantitative estimate of drug-likeness (QED) is 0.325. The standard InChI is InChI=1S/C22H19ClFN7O2S2/c23-18-21(30-7-8-34-22(30)28-18)35(32,33)29-16-6-5-12(9-15(16)24)14-10-31(13-3-1-2-4-13)20-17(14)19(25)26-11-27-20/h5-11,13,29H,1-4H2,(H2,25,26,27). The molecule has 3 N–H and O–H groups in total. The van der Waals surface area contributed by atoms with Gasteiger partial charge in [-0.25, -0.2) is 19.3 Å². The maximum atomic E-state index is 15.2. The summed E-state index contributed by atoms with van der Waals surface area (Å²) in [6.07, 6.45) is 9.26. The van der Waals surface area contributed by atoms with E-state index in [1.54, 1.807) is 17.6 Å². The molecule has 0 bridgehead atoms. The Labute approximate surface area is 208 Å². The molecule has 180 valence electrons. The Kier molecular flexibility index (Phi) is 5.20. The van der Waals surface area contributed by atoms with E-state index in [9.17, 15) is 8.42 Å². The number of fused-ring (bicyclic) bond motifs is 2. The lowest BCUT2D eigenvalue weighted by molar-refractivity contribution is 0.532. The molecule has 4 aromatic heterocycles. The molecule has 5 aromatic rings. The maximum absolute atomic E-state index is 15.2. The number of hydrogen-bond acceptors (Lipinski definition) is 7. The van der Waals surface area contributed by atoms with E-state index in [0.717, 1.165) is 25.7 Å². The number of anilines is 2. The Bertz CT molecular complexity index is 1700. The van der Waals surface area contributed by atoms with E-state index in [4.69, 9.17) is 17.3 Å². The average molecular weight is 532 g/mol. The van der Waals surface area contributed by atoms with Crippen molar-refractivity contribution < 1.29 is 12.8 Å². The Morgan fingerprint density at radius 3 is 2.80 bits per heavy atom. The van der Waals surface area contributed by atoms with E-state index in [1.807, 2.05) is 6.20 Å². The van der Waals surface area contributed by atoms with Gasteiger partial charge < -0.3 is 10.3 Å². The van der Waals surface area contributed by atoms with Crippen molar-refractivity contribution in [3.05, 3.63) is 53.3 Å². The molecule has 0 atom stereocenters. The number of halogens is 2. The van der Waals surface area contributed by atoms with Crippen molar-refractivity contribution in [2.75, 3.05) is 10.5 Å². The molecule has 1 fully saturated rings. The fourth-order valence-corrected chi connectivity index (χ4v) is 7.25. The number of sulfonamides is 1. The zero-order valence-corrected chi connectivity index (χ0v) is 20.5. The van der Waals surface area contributed by atoms with Gasteiger partial charge in [0.05, 0.1) is 11.1 Å². The second kappa shape index (κ2) is 8.18. The molecule has 4 heterocycles. The predicted octanol–water partition coefficient (Wildman–Crippen LogP) is 5.10. The Balaban J connectivity index is 1.40. The summed E-state index contributed by atoms with van der Waals surface area (Å²) in [4.78, 5) is 13.0. The van der Waals surface area contributed by atoms with Crippen molar-refractivity contribution in [1.29, 1.82) is 0 Å². The van der Waals surface area contributed by atoms with Gasteiger partial charge in [-0.1, -0.05) is 30.5 Å². The van der Waals surface area contributed by atoms with Crippen molar-refractivity contribution in [2.24, 2.45) is 0 Å². The smallest absolute Gasteiger partial charge is 0.281 e. The topological polar surface area (TPSA) is 120 Å². The van der Waals surface area contributed by atoms with Crippen molar-refractivity contribution in [3.8, 4) is 11.1 Å². The van der Waals surface area contributed by atoms with Crippen molar-refractivity contribution in [2.45, 2.75) is 36.8 Å². The second-order valence-electron chi connectivity index (χ2n) is 8.41. The zero-order chi connectivity index (χ0) is 24.3. The van der Waals surface area contributed by atoms with E-state index in [1.165, 1.54) is 34.2 Å². The number of nitrogens with zero attached hydrogens (tertiary/aromatic N) is 5. The number of rotatable bonds is 5. The number of benzene rings is 1. The average Bonchev–Trinajstić information content (AvgIpc) is 3.58. The summed E-state index contributed by atoms with van der Waals surface area (Å²) in [5, 5.41) is 1.91. The molecule has 9 nitrogen and oxygen atoms in total. The van der Waals surface area contributed by atoms with Gasteiger partial charge in [0.25, 0.3) is 10.0 Å². The number of nitrogens with one attached hydrogen (secondary N) is 1. The fraction of sp³-hybridized carbons (Fsp3) is 0.227. The van der Waals surface area contributed by atoms with E-state index < -0.39 is 15.8 Å². The van der Waals surface area contributed by atoms with Gasteiger partial charge in [0.1, 0.15) is 23.6 Å². The minimum Gasteiger partial charge on any atom is -0.383 e. The molecular weight excluding hydrogens is 513 g/mol. The highest BCUT2D eigenvalue weighted by molar-refractivity contribution is 7.92. The first-order valence-electron chi connectivity index (χ1n) is 10.9. The maximum Gasteiger partial charge on any atom is 0.281 e. The first kappa shape index (κ1) is 22.3. The van der Waals surface area contributed by atoms with Crippen molar-refractivity contribution in [1.82, 2.24) is 23.9 Å². The molecule has 13 heteroatoms. The lowest BCUT2D eigenvalue weighted by atomic mass is 10.1. The van der Waals surface area contributed by atoms with Crippen LogP contribution in [0.15, 0.2) is 47.3 Å². The number of nitrogens with two attached hydrogens (primary N) is 1. The summed E-state index contributed by atoms with van der Waals surface area (Å²) in [7, 11) is -4.20. The number of imidazole rings is 1. The third-order valence-corrected chi connectivity index (χ3v) is 8.83. The van der Waals surface area contributed by atoms with Crippen LogP contribution in [0.25, 0.3) is 27.1 Å². The highest BCUT2D eigenvalue weighted by atomic mass is 35.5. The van der Waals surface area contributed by atoms with Gasteiger partial charge >= 0.3 is 0 Å². The summed E-state index contributed by atoms with van der Waals surface area (Å²) in [5.74, 6) is -0.437. The summed E-state index contributed by atoms with van der Waals surface area (Å²) in [6, 6.07) is 4.58. The van der Waals surface area contributed by atoms with Gasteiger partial charge in [-0.05, 0) is 30.5 Å². The first-order chi connectivity index (χ1) is 16.8. The molecule has 0 radical (unpaired) electrons. The number of hydrogen-bond donors (Lipinski definition) is 2. The summed E-state index contributed by atoms with van der Waals surface area (Å²) in [5.41, 5.74) is 7.92. The molecule has 6 rings (SSSR count). The van der Waals surface area contributed by atoms with E-state index in [2.05, 4.69) is 24.2 Å². The highest BCUT2D eigenvalue weighted by Gasteiger charge is 2.27. The molecule has 1 aromatic carbocycles. The van der Waals surface area contributed by atoms with Crippen molar-refractivity contribution in [3.63, 3.8) is 0 Å². The molecule has 1 aliphatic rings. The molecule has 35 heavy (non-hydrogen) atoms. The first-order valence-corrected chi connectivity index (χ1v) is 13.6. The minimum absolute atomic E-state index is 0.184. The van der Waals surface area contributed by atoms with Crippen LogP contribution >= 0.6 is 22.9 Å². The predicted molar refractivity (Wildman–Crippen MR) is 134 cm³/mol. The van der Waals surface area contributed by atoms with E-state index in [-0.39, 0.29) is 15.9 Å². The van der Waals surface area contributed by atoms with Gasteiger partial charge in [0, 0.05) is 29.4 Å². The van der Waals surface area contributed by atoms with Crippen molar-refractivity contribution >= 4 is 60.5 Å². The van der Waals surface area contributed by atoms with Crippen LogP contribution < -0.4 is 10.5 Å². The van der Waals surface area contributed by atoms with Gasteiger partial charge in [0.2, 0.25) is 0 Å². The van der Waals surface area contributed by atoms with Crippen LogP contribution in [0.3, 0.4) is 0 Å². The van der Waals surface area contributed by atoms with Gasteiger partial charge in [0.15, 0.2) is 15.1 Å². The van der Waals surface area contributed by atoms with Crippen LogP contribution in [0.1, 0.15) is 31.7 Å². The van der Waals surface area contributed by atoms with E-state index >= 15 is 4.39 Å². The van der Waals surface area contributed by atoms with Crippen LogP contribution in [-0.2, 0) is 10.0 Å². The Hall–Kier alpha value is -3.22. The van der Waals surface area contributed by atoms with Crippen LogP contribution in [-0.4, -0.2) is 32.3 Å². The molecule has 0 saturated heterocycles. The normalized spacial score (nSPS) is 14.9. The zero-order valence-electron chi connectivity index (χ0n) is 18.1. The molecule has 0 amide bonds. The van der Waals surface area contributed by atoms with Gasteiger partial charge in [-0.3, -0.25) is 9.12 Å². The highest BCUT2D eigenvalue weighted by Crippen LogP contribution is 2.39. The lowest BCUT2D eigenvalue weighted by Crippen LogP contribution is -2.16.